The molecule has 0 atom stereocenters. The summed E-state index contributed by atoms with van der Waals surface area (Å²) in [4.78, 5) is 23.2. The molecular weight excluding hydrogens is 299 g/mol. The van der Waals surface area contributed by atoms with E-state index in [0.29, 0.717) is 5.56 Å². The Hall–Kier alpha value is -2.14. The van der Waals surface area contributed by atoms with E-state index in [4.69, 9.17) is 20.8 Å². The monoisotopic (exact) mass is 310 g/mol. The number of hydrogen-bond acceptors (Lipinski definition) is 4. The number of halogens is 2. The first-order chi connectivity index (χ1) is 9.90. The van der Waals surface area contributed by atoms with Gasteiger partial charge in [-0.05, 0) is 31.5 Å². The van der Waals surface area contributed by atoms with Crippen LogP contribution in [0.3, 0.4) is 0 Å². The molecule has 2 rings (SSSR count). The average Bonchev–Trinajstić information content (AvgIpc) is 2.36. The molecule has 110 valence electrons. The Balaban J connectivity index is 2.22. The topological polar surface area (TPSA) is 56.5 Å². The fourth-order valence-corrected chi connectivity index (χ4v) is 2.16. The number of carbonyl (C=O) groups excluding carboxylic acids is 1. The van der Waals surface area contributed by atoms with Crippen LogP contribution in [0.4, 0.5) is 4.39 Å². The van der Waals surface area contributed by atoms with E-state index in [-0.39, 0.29) is 28.5 Å². The van der Waals surface area contributed by atoms with Crippen LogP contribution in [0.1, 0.15) is 27.2 Å². The third kappa shape index (κ3) is 3.31. The standard InChI is InChI=1S/C15H12ClFO4/c1-8-6-13(18)21-9(2)14(8)15(19)20-7-10-11(16)4-3-5-12(10)17/h3-6H,7H2,1-2H3. The quantitative estimate of drug-likeness (QED) is 0.815. The van der Waals surface area contributed by atoms with Crippen LogP contribution >= 0.6 is 11.6 Å². The lowest BCUT2D eigenvalue weighted by Gasteiger charge is -2.10. The van der Waals surface area contributed by atoms with Gasteiger partial charge in [0.1, 0.15) is 23.7 Å². The summed E-state index contributed by atoms with van der Waals surface area (Å²) in [5, 5.41) is 0.177. The average molecular weight is 311 g/mol. The molecule has 0 unspecified atom stereocenters. The Morgan fingerprint density at radius 2 is 2.10 bits per heavy atom. The van der Waals surface area contributed by atoms with Gasteiger partial charge in [0, 0.05) is 11.6 Å². The van der Waals surface area contributed by atoms with Gasteiger partial charge in [-0.15, -0.1) is 0 Å². The Morgan fingerprint density at radius 3 is 2.71 bits per heavy atom. The molecule has 0 saturated carbocycles. The van der Waals surface area contributed by atoms with E-state index in [9.17, 15) is 14.0 Å². The number of ether oxygens (including phenoxy) is 1. The largest absolute Gasteiger partial charge is 0.457 e. The molecule has 4 nitrogen and oxygen atoms in total. The zero-order valence-electron chi connectivity index (χ0n) is 11.4. The van der Waals surface area contributed by atoms with Gasteiger partial charge < -0.3 is 9.15 Å². The minimum absolute atomic E-state index is 0.0974. The second-order valence-corrected chi connectivity index (χ2v) is 4.86. The van der Waals surface area contributed by atoms with Gasteiger partial charge >= 0.3 is 11.6 Å². The number of hydrogen-bond donors (Lipinski definition) is 0. The molecule has 0 aliphatic carbocycles. The van der Waals surface area contributed by atoms with Crippen LogP contribution < -0.4 is 5.63 Å². The van der Waals surface area contributed by atoms with Crippen molar-refractivity contribution in [3.63, 3.8) is 0 Å². The van der Waals surface area contributed by atoms with Crippen LogP contribution in [0, 0.1) is 19.7 Å². The Bertz CT molecular complexity index is 705. The predicted molar refractivity (Wildman–Crippen MR) is 75.0 cm³/mol. The molecule has 21 heavy (non-hydrogen) atoms. The van der Waals surface area contributed by atoms with E-state index < -0.39 is 17.4 Å². The van der Waals surface area contributed by atoms with Crippen LogP contribution in [0.25, 0.3) is 0 Å². The van der Waals surface area contributed by atoms with Gasteiger partial charge in [-0.25, -0.2) is 14.0 Å². The molecule has 0 N–H and O–H groups in total. The van der Waals surface area contributed by atoms with Gasteiger partial charge in [0.25, 0.3) is 0 Å². The van der Waals surface area contributed by atoms with Gasteiger partial charge in [-0.2, -0.15) is 0 Å². The molecular formula is C15H12ClFO4. The number of aryl methyl sites for hydroxylation is 2. The molecule has 0 fully saturated rings. The minimum Gasteiger partial charge on any atom is -0.457 e. The van der Waals surface area contributed by atoms with Crippen molar-refractivity contribution < 1.29 is 18.3 Å². The maximum absolute atomic E-state index is 13.6. The van der Waals surface area contributed by atoms with E-state index >= 15 is 0 Å². The van der Waals surface area contributed by atoms with Crippen molar-refractivity contribution >= 4 is 17.6 Å². The fraction of sp³-hybridized carbons (Fsp3) is 0.200. The second kappa shape index (κ2) is 6.10. The lowest BCUT2D eigenvalue weighted by molar-refractivity contribution is 0.0463. The third-order valence-electron chi connectivity index (χ3n) is 2.95. The number of benzene rings is 1. The molecule has 0 spiro atoms. The summed E-state index contributed by atoms with van der Waals surface area (Å²) in [6, 6.07) is 5.39. The van der Waals surface area contributed by atoms with Crippen LogP contribution in [-0.2, 0) is 11.3 Å². The molecule has 6 heteroatoms. The van der Waals surface area contributed by atoms with Crippen molar-refractivity contribution in [1.29, 1.82) is 0 Å². The first-order valence-corrected chi connectivity index (χ1v) is 6.49. The highest BCUT2D eigenvalue weighted by atomic mass is 35.5. The van der Waals surface area contributed by atoms with E-state index in [2.05, 4.69) is 0 Å². The molecule has 2 aromatic rings. The van der Waals surface area contributed by atoms with Gasteiger partial charge in [0.05, 0.1) is 5.02 Å². The summed E-state index contributed by atoms with van der Waals surface area (Å²) in [7, 11) is 0. The van der Waals surface area contributed by atoms with Crippen LogP contribution in [0.15, 0.2) is 33.5 Å². The highest BCUT2D eigenvalue weighted by Gasteiger charge is 2.18. The van der Waals surface area contributed by atoms with Crippen molar-refractivity contribution in [3.8, 4) is 0 Å². The van der Waals surface area contributed by atoms with Crippen LogP contribution in [0.2, 0.25) is 5.02 Å². The maximum atomic E-state index is 13.6. The van der Waals surface area contributed by atoms with E-state index in [1.807, 2.05) is 0 Å². The lowest BCUT2D eigenvalue weighted by Crippen LogP contribution is -2.13. The van der Waals surface area contributed by atoms with Gasteiger partial charge in [0.2, 0.25) is 0 Å². The van der Waals surface area contributed by atoms with Crippen molar-refractivity contribution in [2.45, 2.75) is 20.5 Å². The SMILES string of the molecule is Cc1cc(=O)oc(C)c1C(=O)OCc1c(F)cccc1Cl. The first kappa shape index (κ1) is 15.3. The maximum Gasteiger partial charge on any atom is 0.342 e. The van der Waals surface area contributed by atoms with E-state index in [1.165, 1.54) is 31.2 Å². The summed E-state index contributed by atoms with van der Waals surface area (Å²) in [6.07, 6.45) is 0. The van der Waals surface area contributed by atoms with Crippen molar-refractivity contribution in [2.75, 3.05) is 0 Å². The van der Waals surface area contributed by atoms with Gasteiger partial charge in [-0.3, -0.25) is 0 Å². The molecule has 1 aromatic heterocycles. The van der Waals surface area contributed by atoms with E-state index in [0.717, 1.165) is 0 Å². The Labute approximate surface area is 125 Å². The van der Waals surface area contributed by atoms with Crippen LogP contribution in [-0.4, -0.2) is 5.97 Å². The highest BCUT2D eigenvalue weighted by molar-refractivity contribution is 6.31. The lowest BCUT2D eigenvalue weighted by atomic mass is 10.1. The molecule has 0 saturated heterocycles. The Kier molecular flexibility index (Phi) is 4.43. The third-order valence-corrected chi connectivity index (χ3v) is 3.30. The summed E-state index contributed by atoms with van der Waals surface area (Å²) < 4.78 is 23.5. The molecule has 1 aromatic carbocycles. The zero-order chi connectivity index (χ0) is 15.6. The van der Waals surface area contributed by atoms with E-state index in [1.54, 1.807) is 6.92 Å². The molecule has 0 bridgehead atoms. The number of esters is 1. The first-order valence-electron chi connectivity index (χ1n) is 6.11. The van der Waals surface area contributed by atoms with Gasteiger partial charge in [0.15, 0.2) is 0 Å². The molecule has 0 radical (unpaired) electrons. The van der Waals surface area contributed by atoms with Gasteiger partial charge in [-0.1, -0.05) is 17.7 Å². The number of carbonyl (C=O) groups is 1. The summed E-state index contributed by atoms with van der Waals surface area (Å²) in [5.41, 5.74) is 0.148. The molecule has 0 aliphatic heterocycles. The zero-order valence-corrected chi connectivity index (χ0v) is 12.2. The highest BCUT2D eigenvalue weighted by Crippen LogP contribution is 2.21. The smallest absolute Gasteiger partial charge is 0.342 e. The predicted octanol–water partition coefficient (Wildman–Crippen LogP) is 3.41. The Morgan fingerprint density at radius 1 is 1.38 bits per heavy atom. The summed E-state index contributed by atoms with van der Waals surface area (Å²) in [6.45, 7) is 2.78. The fourth-order valence-electron chi connectivity index (χ4n) is 1.94. The normalized spacial score (nSPS) is 10.5. The van der Waals surface area contributed by atoms with Crippen molar-refractivity contribution in [2.24, 2.45) is 0 Å². The van der Waals surface area contributed by atoms with Crippen molar-refractivity contribution in [3.05, 3.63) is 68.0 Å². The molecule has 0 amide bonds. The van der Waals surface area contributed by atoms with Crippen LogP contribution in [0.5, 0.6) is 0 Å². The minimum atomic E-state index is -0.701. The van der Waals surface area contributed by atoms with Crippen molar-refractivity contribution in [1.82, 2.24) is 0 Å². The summed E-state index contributed by atoms with van der Waals surface area (Å²) >= 11 is 5.85. The summed E-state index contributed by atoms with van der Waals surface area (Å²) in [5.74, 6) is -1.10. The second-order valence-electron chi connectivity index (χ2n) is 4.46. The molecule has 1 heterocycles. The number of rotatable bonds is 3. The molecule has 0 aliphatic rings.